The molecule has 0 amide bonds. The van der Waals surface area contributed by atoms with Crippen LogP contribution in [0, 0.1) is 6.92 Å². The van der Waals surface area contributed by atoms with Crippen molar-refractivity contribution in [1.82, 2.24) is 4.31 Å². The first-order chi connectivity index (χ1) is 12.0. The van der Waals surface area contributed by atoms with Crippen molar-refractivity contribution < 1.29 is 13.2 Å². The highest BCUT2D eigenvalue weighted by molar-refractivity contribution is 7.89. The molecule has 1 aliphatic rings. The highest BCUT2D eigenvalue weighted by Gasteiger charge is 2.28. The molecule has 5 heteroatoms. The molecule has 0 aromatic heterocycles. The Bertz CT molecular complexity index is 764. The molecule has 0 spiro atoms. The van der Waals surface area contributed by atoms with Crippen LogP contribution in [0.3, 0.4) is 0 Å². The average molecular weight is 359 g/mol. The monoisotopic (exact) mass is 359 g/mol. The zero-order chi connectivity index (χ0) is 17.7. The lowest BCUT2D eigenvalue weighted by atomic mass is 10.1. The van der Waals surface area contributed by atoms with Crippen molar-refractivity contribution in [3.05, 3.63) is 65.7 Å². The molecule has 4 nitrogen and oxygen atoms in total. The molecule has 0 radical (unpaired) electrons. The quantitative estimate of drug-likeness (QED) is 0.794. The number of ether oxygens (including phenoxy) is 1. The first-order valence-electron chi connectivity index (χ1n) is 8.78. The van der Waals surface area contributed by atoms with Gasteiger partial charge in [0.05, 0.1) is 5.75 Å². The van der Waals surface area contributed by atoms with Gasteiger partial charge in [0.15, 0.2) is 0 Å². The lowest BCUT2D eigenvalue weighted by Gasteiger charge is -2.31. The first-order valence-corrected chi connectivity index (χ1v) is 10.4. The fourth-order valence-electron chi connectivity index (χ4n) is 3.06. The third-order valence-electron chi connectivity index (χ3n) is 4.61. The predicted octanol–water partition coefficient (Wildman–Crippen LogP) is 3.41. The first kappa shape index (κ1) is 18.0. The number of hydrogen-bond donors (Lipinski definition) is 0. The van der Waals surface area contributed by atoms with E-state index in [2.05, 4.69) is 0 Å². The minimum atomic E-state index is -3.21. The summed E-state index contributed by atoms with van der Waals surface area (Å²) < 4.78 is 32.7. The van der Waals surface area contributed by atoms with Crippen molar-refractivity contribution in [3.63, 3.8) is 0 Å². The number of piperidine rings is 1. The van der Waals surface area contributed by atoms with Crippen molar-refractivity contribution in [3.8, 4) is 5.75 Å². The Balaban J connectivity index is 1.49. The Morgan fingerprint density at radius 2 is 1.64 bits per heavy atom. The lowest BCUT2D eigenvalue weighted by Crippen LogP contribution is -2.42. The van der Waals surface area contributed by atoms with Crippen molar-refractivity contribution in [2.75, 3.05) is 18.8 Å². The summed E-state index contributed by atoms with van der Waals surface area (Å²) in [6.07, 6.45) is 2.11. The van der Waals surface area contributed by atoms with Gasteiger partial charge in [-0.05, 0) is 43.9 Å². The van der Waals surface area contributed by atoms with Gasteiger partial charge in [0.25, 0.3) is 0 Å². The van der Waals surface area contributed by atoms with E-state index >= 15 is 0 Å². The smallest absolute Gasteiger partial charge is 0.214 e. The largest absolute Gasteiger partial charge is 0.490 e. The maximum absolute atomic E-state index is 12.5. The molecule has 0 aliphatic carbocycles. The van der Waals surface area contributed by atoms with Crippen LogP contribution in [0.1, 0.15) is 24.0 Å². The van der Waals surface area contributed by atoms with Crippen LogP contribution in [-0.2, 0) is 16.4 Å². The van der Waals surface area contributed by atoms with Crippen LogP contribution in [-0.4, -0.2) is 37.7 Å². The van der Waals surface area contributed by atoms with E-state index in [1.807, 2.05) is 61.5 Å². The summed E-state index contributed by atoms with van der Waals surface area (Å²) >= 11 is 0. The van der Waals surface area contributed by atoms with Crippen molar-refractivity contribution in [1.29, 1.82) is 0 Å². The van der Waals surface area contributed by atoms with Crippen molar-refractivity contribution >= 4 is 10.0 Å². The summed E-state index contributed by atoms with van der Waals surface area (Å²) in [7, 11) is -3.21. The fraction of sp³-hybridized carbons (Fsp3) is 0.400. The molecular formula is C20H25NO3S. The minimum absolute atomic E-state index is 0.0864. The molecule has 1 aliphatic heterocycles. The lowest BCUT2D eigenvalue weighted by molar-refractivity contribution is 0.135. The molecule has 0 N–H and O–H groups in total. The van der Waals surface area contributed by atoms with Crippen LogP contribution in [0.2, 0.25) is 0 Å². The maximum Gasteiger partial charge on any atom is 0.214 e. The van der Waals surface area contributed by atoms with E-state index in [1.54, 1.807) is 4.31 Å². The Kier molecular flexibility index (Phi) is 5.76. The second kappa shape index (κ2) is 8.02. The van der Waals surface area contributed by atoms with Gasteiger partial charge in [0.1, 0.15) is 11.9 Å². The summed E-state index contributed by atoms with van der Waals surface area (Å²) in [6.45, 7) is 3.11. The minimum Gasteiger partial charge on any atom is -0.490 e. The number of rotatable bonds is 6. The molecule has 0 saturated carbocycles. The van der Waals surface area contributed by atoms with Crippen LogP contribution in [0.25, 0.3) is 0 Å². The van der Waals surface area contributed by atoms with Gasteiger partial charge in [-0.25, -0.2) is 12.7 Å². The Morgan fingerprint density at radius 3 is 2.28 bits per heavy atom. The summed E-state index contributed by atoms with van der Waals surface area (Å²) in [5.74, 6) is 1.02. The standard InChI is InChI=1S/C20H25NO3S/c1-17-7-9-19(10-8-17)24-20-11-14-21(15-12-20)25(22,23)16-13-18-5-3-2-4-6-18/h2-10,20H,11-16H2,1H3. The number of aryl methyl sites for hydroxylation is 2. The highest BCUT2D eigenvalue weighted by atomic mass is 32.2. The molecule has 3 rings (SSSR count). The van der Waals surface area contributed by atoms with Crippen LogP contribution in [0.5, 0.6) is 5.75 Å². The third-order valence-corrected chi connectivity index (χ3v) is 6.48. The van der Waals surface area contributed by atoms with E-state index in [1.165, 1.54) is 5.56 Å². The topological polar surface area (TPSA) is 46.6 Å². The molecule has 0 atom stereocenters. The van der Waals surface area contributed by atoms with Gasteiger partial charge in [-0.1, -0.05) is 48.0 Å². The van der Waals surface area contributed by atoms with E-state index in [0.717, 1.165) is 24.2 Å². The van der Waals surface area contributed by atoms with Crippen LogP contribution in [0.4, 0.5) is 0 Å². The van der Waals surface area contributed by atoms with Gasteiger partial charge in [-0.3, -0.25) is 0 Å². The Hall–Kier alpha value is -1.85. The summed E-state index contributed by atoms with van der Waals surface area (Å²) in [5.41, 5.74) is 2.26. The summed E-state index contributed by atoms with van der Waals surface area (Å²) in [5, 5.41) is 0. The van der Waals surface area contributed by atoms with Crippen LogP contribution in [0.15, 0.2) is 54.6 Å². The van der Waals surface area contributed by atoms with Gasteiger partial charge in [-0.15, -0.1) is 0 Å². The zero-order valence-corrected chi connectivity index (χ0v) is 15.4. The molecule has 1 saturated heterocycles. The van der Waals surface area contributed by atoms with Gasteiger partial charge in [0.2, 0.25) is 10.0 Å². The van der Waals surface area contributed by atoms with E-state index in [-0.39, 0.29) is 11.9 Å². The molecule has 2 aromatic carbocycles. The normalized spacial score (nSPS) is 16.7. The van der Waals surface area contributed by atoms with Gasteiger partial charge in [-0.2, -0.15) is 0 Å². The Morgan fingerprint density at radius 1 is 1.00 bits per heavy atom. The summed E-state index contributed by atoms with van der Waals surface area (Å²) in [4.78, 5) is 0. The van der Waals surface area contributed by atoms with Crippen molar-refractivity contribution in [2.24, 2.45) is 0 Å². The maximum atomic E-state index is 12.5. The van der Waals surface area contributed by atoms with Crippen LogP contribution >= 0.6 is 0 Å². The van der Waals surface area contributed by atoms with E-state index in [4.69, 9.17) is 4.74 Å². The molecule has 134 valence electrons. The number of nitrogens with zero attached hydrogens (tertiary/aromatic N) is 1. The third kappa shape index (κ3) is 5.06. The zero-order valence-electron chi connectivity index (χ0n) is 14.6. The van der Waals surface area contributed by atoms with Gasteiger partial charge in [0, 0.05) is 13.1 Å². The second-order valence-electron chi connectivity index (χ2n) is 6.58. The van der Waals surface area contributed by atoms with E-state index in [9.17, 15) is 8.42 Å². The van der Waals surface area contributed by atoms with E-state index < -0.39 is 10.0 Å². The van der Waals surface area contributed by atoms with Crippen LogP contribution < -0.4 is 4.74 Å². The number of sulfonamides is 1. The molecular weight excluding hydrogens is 334 g/mol. The molecule has 0 bridgehead atoms. The van der Waals surface area contributed by atoms with E-state index in [0.29, 0.717) is 19.5 Å². The predicted molar refractivity (Wildman–Crippen MR) is 100 cm³/mol. The molecule has 1 fully saturated rings. The molecule has 0 unspecified atom stereocenters. The molecule has 2 aromatic rings. The SMILES string of the molecule is Cc1ccc(OC2CCN(S(=O)(=O)CCc3ccccc3)CC2)cc1. The fourth-order valence-corrected chi connectivity index (χ4v) is 4.58. The van der Waals surface area contributed by atoms with Gasteiger partial charge >= 0.3 is 0 Å². The number of benzene rings is 2. The molecule has 1 heterocycles. The number of hydrogen-bond acceptors (Lipinski definition) is 3. The highest BCUT2D eigenvalue weighted by Crippen LogP contribution is 2.21. The van der Waals surface area contributed by atoms with Crippen molar-refractivity contribution in [2.45, 2.75) is 32.3 Å². The Labute approximate surface area is 150 Å². The summed E-state index contributed by atoms with van der Waals surface area (Å²) in [6, 6.07) is 17.8. The molecule has 25 heavy (non-hydrogen) atoms. The van der Waals surface area contributed by atoms with Gasteiger partial charge < -0.3 is 4.74 Å². The average Bonchev–Trinajstić information content (AvgIpc) is 2.63. The second-order valence-corrected chi connectivity index (χ2v) is 8.67.